The third-order valence-electron chi connectivity index (χ3n) is 5.60. The van der Waals surface area contributed by atoms with Crippen molar-refractivity contribution in [3.8, 4) is 5.75 Å². The van der Waals surface area contributed by atoms with Crippen LogP contribution in [0.1, 0.15) is 43.2 Å². The summed E-state index contributed by atoms with van der Waals surface area (Å²) in [5.74, 6) is 0.686. The molecule has 1 saturated carbocycles. The van der Waals surface area contributed by atoms with Crippen molar-refractivity contribution in [2.45, 2.75) is 38.7 Å². The summed E-state index contributed by atoms with van der Waals surface area (Å²) in [5, 5.41) is -0.171. The van der Waals surface area contributed by atoms with Crippen molar-refractivity contribution < 1.29 is 18.7 Å². The summed E-state index contributed by atoms with van der Waals surface area (Å²) < 4.78 is 19.8. The monoisotopic (exact) mass is 551 g/mol. The smallest absolute Gasteiger partial charge is 0.293 e. The highest BCUT2D eigenvalue weighted by Crippen LogP contribution is 2.35. The number of benzene rings is 2. The van der Waals surface area contributed by atoms with Gasteiger partial charge in [0.25, 0.3) is 11.1 Å². The highest BCUT2D eigenvalue weighted by molar-refractivity contribution is 14.1. The van der Waals surface area contributed by atoms with Crippen LogP contribution in [0.3, 0.4) is 0 Å². The third kappa shape index (κ3) is 5.68. The first kappa shape index (κ1) is 22.3. The summed E-state index contributed by atoms with van der Waals surface area (Å²) in [4.78, 5) is 27.1. The minimum atomic E-state index is -0.272. The molecule has 0 unspecified atom stereocenters. The van der Waals surface area contributed by atoms with E-state index in [9.17, 15) is 14.0 Å². The van der Waals surface area contributed by atoms with Gasteiger partial charge in [0.2, 0.25) is 0 Å². The van der Waals surface area contributed by atoms with Gasteiger partial charge in [-0.2, -0.15) is 0 Å². The van der Waals surface area contributed by atoms with E-state index in [1.54, 1.807) is 18.2 Å². The Kier molecular flexibility index (Phi) is 7.32. The van der Waals surface area contributed by atoms with Crippen molar-refractivity contribution in [1.82, 2.24) is 4.90 Å². The van der Waals surface area contributed by atoms with Gasteiger partial charge in [0.05, 0.1) is 8.48 Å². The highest BCUT2D eigenvalue weighted by atomic mass is 127. The fraction of sp³-hybridized carbons (Fsp3) is 0.333. The van der Waals surface area contributed by atoms with Gasteiger partial charge in [-0.15, -0.1) is 0 Å². The summed E-state index contributed by atoms with van der Waals surface area (Å²) in [6.07, 6.45) is 7.59. The molecule has 1 aliphatic heterocycles. The van der Waals surface area contributed by atoms with Crippen molar-refractivity contribution in [3.63, 3.8) is 0 Å². The van der Waals surface area contributed by atoms with Crippen LogP contribution >= 0.6 is 34.4 Å². The number of thioether (sulfide) groups is 1. The second-order valence-corrected chi connectivity index (χ2v) is 10.1. The Hall–Kier alpha value is -1.87. The van der Waals surface area contributed by atoms with E-state index < -0.39 is 0 Å². The first-order valence-electron chi connectivity index (χ1n) is 10.4. The molecular formula is C24H23FINO3S. The van der Waals surface area contributed by atoms with Gasteiger partial charge in [0.1, 0.15) is 18.2 Å². The topological polar surface area (TPSA) is 46.6 Å². The number of nitrogens with zero attached hydrogens (tertiary/aromatic N) is 1. The van der Waals surface area contributed by atoms with E-state index in [0.717, 1.165) is 39.3 Å². The fourth-order valence-corrected chi connectivity index (χ4v) is 5.45. The van der Waals surface area contributed by atoms with E-state index in [2.05, 4.69) is 22.6 Å². The normalized spacial score (nSPS) is 18.8. The molecule has 4 nitrogen and oxygen atoms in total. The van der Waals surface area contributed by atoms with E-state index >= 15 is 0 Å². The predicted octanol–water partition coefficient (Wildman–Crippen LogP) is 6.63. The van der Waals surface area contributed by atoms with E-state index in [1.807, 2.05) is 18.2 Å². The van der Waals surface area contributed by atoms with E-state index in [1.165, 1.54) is 36.3 Å². The first-order chi connectivity index (χ1) is 15.0. The fourth-order valence-electron chi connectivity index (χ4n) is 3.90. The summed E-state index contributed by atoms with van der Waals surface area (Å²) in [7, 11) is 0. The van der Waals surface area contributed by atoms with Crippen molar-refractivity contribution in [2.24, 2.45) is 5.92 Å². The van der Waals surface area contributed by atoms with Crippen LogP contribution < -0.4 is 4.74 Å². The second kappa shape index (κ2) is 10.2. The van der Waals surface area contributed by atoms with Crippen LogP contribution in [-0.4, -0.2) is 22.6 Å². The standard InChI is InChI=1S/C24H23FINO3S/c25-19-9-6-17(7-10-19)15-30-21-11-8-18(12-20(21)26)13-22-23(28)27(24(29)31-22)14-16-4-2-1-3-5-16/h6-13,16H,1-5,14-15H2/b22-13+. The average Bonchev–Trinajstić information content (AvgIpc) is 3.02. The lowest BCUT2D eigenvalue weighted by Gasteiger charge is -2.25. The molecule has 2 aromatic carbocycles. The predicted molar refractivity (Wildman–Crippen MR) is 129 cm³/mol. The summed E-state index contributed by atoms with van der Waals surface area (Å²) >= 11 is 3.21. The first-order valence-corrected chi connectivity index (χ1v) is 12.3. The lowest BCUT2D eigenvalue weighted by molar-refractivity contribution is -0.123. The van der Waals surface area contributed by atoms with E-state index in [4.69, 9.17) is 4.74 Å². The van der Waals surface area contributed by atoms with Gasteiger partial charge >= 0.3 is 0 Å². The molecule has 2 aliphatic rings. The van der Waals surface area contributed by atoms with Gasteiger partial charge in [-0.25, -0.2) is 4.39 Å². The SMILES string of the molecule is O=C1S/C(=C/c2ccc(OCc3ccc(F)cc3)c(I)c2)C(=O)N1CC1CCCCC1. The maximum Gasteiger partial charge on any atom is 0.293 e. The van der Waals surface area contributed by atoms with Gasteiger partial charge in [-0.1, -0.05) is 37.5 Å². The minimum Gasteiger partial charge on any atom is -0.488 e. The lowest BCUT2D eigenvalue weighted by Crippen LogP contribution is -2.34. The maximum atomic E-state index is 13.0. The Bertz CT molecular complexity index is 1000. The van der Waals surface area contributed by atoms with Crippen LogP contribution in [-0.2, 0) is 11.4 Å². The molecule has 0 aromatic heterocycles. The number of carbonyl (C=O) groups is 2. The van der Waals surface area contributed by atoms with Crippen molar-refractivity contribution in [3.05, 3.63) is 67.9 Å². The number of halogens is 2. The summed E-state index contributed by atoms with van der Waals surface area (Å²) in [6, 6.07) is 11.9. The Morgan fingerprint density at radius 1 is 1.10 bits per heavy atom. The molecule has 1 aliphatic carbocycles. The van der Waals surface area contributed by atoms with Crippen LogP contribution in [0.15, 0.2) is 47.4 Å². The van der Waals surface area contributed by atoms with Crippen molar-refractivity contribution in [2.75, 3.05) is 6.54 Å². The second-order valence-electron chi connectivity index (χ2n) is 7.90. The number of imide groups is 1. The Morgan fingerprint density at radius 3 is 2.55 bits per heavy atom. The Labute approximate surface area is 199 Å². The van der Waals surface area contributed by atoms with Gasteiger partial charge in [-0.3, -0.25) is 14.5 Å². The molecule has 31 heavy (non-hydrogen) atoms. The van der Waals surface area contributed by atoms with Crippen LogP contribution in [0, 0.1) is 15.3 Å². The molecule has 1 heterocycles. The lowest BCUT2D eigenvalue weighted by atomic mass is 9.89. The molecule has 0 atom stereocenters. The number of ether oxygens (including phenoxy) is 1. The third-order valence-corrected chi connectivity index (χ3v) is 7.35. The van der Waals surface area contributed by atoms with Gasteiger partial charge < -0.3 is 4.74 Å². The van der Waals surface area contributed by atoms with Gasteiger partial charge in [0.15, 0.2) is 0 Å². The number of hydrogen-bond acceptors (Lipinski definition) is 4. The zero-order chi connectivity index (χ0) is 21.8. The average molecular weight is 551 g/mol. The Balaban J connectivity index is 1.41. The zero-order valence-electron chi connectivity index (χ0n) is 17.0. The summed E-state index contributed by atoms with van der Waals surface area (Å²) in [5.41, 5.74) is 1.73. The van der Waals surface area contributed by atoms with Crippen LogP contribution in [0.2, 0.25) is 0 Å². The molecule has 2 amide bonds. The molecule has 0 N–H and O–H groups in total. The molecule has 0 bridgehead atoms. The maximum absolute atomic E-state index is 13.0. The molecule has 162 valence electrons. The van der Waals surface area contributed by atoms with Crippen LogP contribution in [0.5, 0.6) is 5.75 Å². The number of hydrogen-bond donors (Lipinski definition) is 0. The molecule has 7 heteroatoms. The molecule has 4 rings (SSSR count). The molecule has 0 radical (unpaired) electrons. The van der Waals surface area contributed by atoms with E-state index in [-0.39, 0.29) is 17.0 Å². The van der Waals surface area contributed by atoms with Gasteiger partial charge in [0, 0.05) is 6.54 Å². The minimum absolute atomic E-state index is 0.171. The van der Waals surface area contributed by atoms with Crippen molar-refractivity contribution >= 4 is 51.6 Å². The quantitative estimate of drug-likeness (QED) is 0.299. The van der Waals surface area contributed by atoms with Gasteiger partial charge in [-0.05, 0) is 94.6 Å². The highest BCUT2D eigenvalue weighted by Gasteiger charge is 2.36. The number of rotatable bonds is 6. The number of carbonyl (C=O) groups excluding carboxylic acids is 2. The zero-order valence-corrected chi connectivity index (χ0v) is 20.0. The molecule has 2 aromatic rings. The molecule has 0 spiro atoms. The Morgan fingerprint density at radius 2 is 1.84 bits per heavy atom. The molecule has 1 saturated heterocycles. The van der Waals surface area contributed by atoms with E-state index in [0.29, 0.717) is 29.7 Å². The molecular weight excluding hydrogens is 528 g/mol. The van der Waals surface area contributed by atoms with Crippen LogP contribution in [0.4, 0.5) is 9.18 Å². The number of amides is 2. The summed E-state index contributed by atoms with van der Waals surface area (Å²) in [6.45, 7) is 0.880. The van der Waals surface area contributed by atoms with Crippen LogP contribution in [0.25, 0.3) is 6.08 Å². The molecule has 2 fully saturated rings. The van der Waals surface area contributed by atoms with Crippen molar-refractivity contribution in [1.29, 1.82) is 0 Å². The largest absolute Gasteiger partial charge is 0.488 e.